The predicted molar refractivity (Wildman–Crippen MR) is 263 cm³/mol. The van der Waals surface area contributed by atoms with Crippen LogP contribution in [0.2, 0.25) is 10.0 Å². The molecule has 0 spiro atoms. The number of nitrogens with zero attached hydrogens (tertiary/aromatic N) is 6. The third-order valence-corrected chi connectivity index (χ3v) is 16.4. The molecule has 0 bridgehead atoms. The SMILES string of the molecule is C=C1[C@H](CO[P@]2(=O)OCC[C@H](c3cc(Cl)ccc3F)O2)[C@@H](O)C[C@@H]1n1cnc2c(=O)[nH]c(N)nc21.C=C1[C@H](CO[P@]2(=O)OCC[C@H](c3cc(Cl)ccc3F)O2)[C@@H](OC(=O)CC)C[C@@H]1n1cnc2c(=O)[nH]c(N)nc21. The van der Waals surface area contributed by atoms with Gasteiger partial charge in [-0.1, -0.05) is 43.3 Å². The van der Waals surface area contributed by atoms with Gasteiger partial charge < -0.3 is 30.4 Å². The summed E-state index contributed by atoms with van der Waals surface area (Å²) in [6, 6.07) is 7.08. The van der Waals surface area contributed by atoms with Crippen molar-refractivity contribution >= 4 is 79.0 Å². The number of aliphatic hydroxyl groups is 1. The summed E-state index contributed by atoms with van der Waals surface area (Å²) in [6.07, 6.45) is 0.619. The molecule has 10 atom stereocenters. The molecule has 29 heteroatoms. The molecule has 23 nitrogen and oxygen atoms in total. The van der Waals surface area contributed by atoms with Crippen molar-refractivity contribution in [2.75, 3.05) is 37.9 Å². The number of hydrogen-bond acceptors (Lipinski definition) is 19. The number of carbonyl (C=O) groups excluding carboxylic acids is 1. The van der Waals surface area contributed by atoms with E-state index < -0.39 is 92.7 Å². The lowest BCUT2D eigenvalue weighted by Gasteiger charge is -2.30. The van der Waals surface area contributed by atoms with Crippen LogP contribution in [0, 0.1) is 23.5 Å². The third kappa shape index (κ3) is 11.0. The number of anilines is 2. The molecule has 2 saturated heterocycles. The number of aliphatic hydroxyl groups excluding tert-OH is 1. The number of fused-ring (bicyclic) bond motifs is 2. The Kier molecular flexibility index (Phi) is 15.4. The van der Waals surface area contributed by atoms with Crippen molar-refractivity contribution in [2.45, 2.75) is 75.5 Å². The van der Waals surface area contributed by atoms with Crippen LogP contribution in [0.3, 0.4) is 0 Å². The molecule has 7 N–H and O–H groups in total. The Balaban J connectivity index is 0.000000183. The number of phosphoric ester groups is 2. The fourth-order valence-corrected chi connectivity index (χ4v) is 12.4. The molecule has 74 heavy (non-hydrogen) atoms. The summed E-state index contributed by atoms with van der Waals surface area (Å²) >= 11 is 12.0. The van der Waals surface area contributed by atoms with E-state index in [2.05, 4.69) is 43.1 Å². The number of benzene rings is 2. The molecule has 0 radical (unpaired) electrons. The van der Waals surface area contributed by atoms with Crippen LogP contribution in [0.4, 0.5) is 20.7 Å². The van der Waals surface area contributed by atoms with Crippen molar-refractivity contribution in [3.63, 3.8) is 0 Å². The number of aromatic nitrogens is 8. The van der Waals surface area contributed by atoms with Gasteiger partial charge in [0, 0.05) is 58.7 Å². The molecule has 6 heterocycles. The number of imidazole rings is 2. The van der Waals surface area contributed by atoms with E-state index in [0.717, 1.165) is 0 Å². The Labute approximate surface area is 428 Å². The predicted octanol–water partition coefficient (Wildman–Crippen LogP) is 7.51. The molecular weight excluding hydrogens is 1060 g/mol. The van der Waals surface area contributed by atoms with Crippen molar-refractivity contribution in [1.29, 1.82) is 0 Å². The number of carbonyl (C=O) groups is 1. The van der Waals surface area contributed by atoms with Gasteiger partial charge in [-0.05, 0) is 54.0 Å². The number of H-pyrrole nitrogens is 2. The number of ether oxygens (including phenoxy) is 1. The van der Waals surface area contributed by atoms with Crippen molar-refractivity contribution in [3.05, 3.63) is 127 Å². The molecular formula is C45H48Cl2F2N10O13P2. The fourth-order valence-electron chi connectivity index (χ4n) is 9.25. The highest BCUT2D eigenvalue weighted by molar-refractivity contribution is 7.48. The van der Waals surface area contributed by atoms with Crippen molar-refractivity contribution in [2.24, 2.45) is 11.8 Å². The number of aromatic amines is 2. The molecule has 4 fully saturated rings. The first-order chi connectivity index (χ1) is 35.2. The lowest BCUT2D eigenvalue weighted by Crippen LogP contribution is -2.26. The number of rotatable bonds is 12. The topological polar surface area (TPSA) is 315 Å². The summed E-state index contributed by atoms with van der Waals surface area (Å²) in [5.74, 6) is -2.94. The minimum Gasteiger partial charge on any atom is -0.462 e. The van der Waals surface area contributed by atoms with E-state index in [1.54, 1.807) is 16.1 Å². The van der Waals surface area contributed by atoms with Gasteiger partial charge in [-0.3, -0.25) is 51.5 Å². The number of nitrogen functional groups attached to an aromatic ring is 2. The average molecular weight is 1110 g/mol. The van der Waals surface area contributed by atoms with E-state index >= 15 is 0 Å². The molecule has 10 rings (SSSR count). The lowest BCUT2D eigenvalue weighted by molar-refractivity contribution is -0.150. The van der Waals surface area contributed by atoms with Crippen LogP contribution in [-0.4, -0.2) is 88.7 Å². The maximum absolute atomic E-state index is 14.4. The van der Waals surface area contributed by atoms with Gasteiger partial charge in [0.1, 0.15) is 17.7 Å². The number of esters is 1. The van der Waals surface area contributed by atoms with Crippen LogP contribution < -0.4 is 22.6 Å². The number of nitrogens with one attached hydrogen (secondary N) is 2. The minimum atomic E-state index is -4.13. The largest absolute Gasteiger partial charge is 0.475 e. The zero-order chi connectivity index (χ0) is 52.8. The maximum Gasteiger partial charge on any atom is 0.475 e. The monoisotopic (exact) mass is 1110 g/mol. The summed E-state index contributed by atoms with van der Waals surface area (Å²) in [6.45, 7) is 9.48. The molecule has 0 amide bonds. The van der Waals surface area contributed by atoms with Gasteiger partial charge in [0.25, 0.3) is 11.1 Å². The number of phosphoric acid groups is 2. The standard InChI is InChI=1S/C24H26ClFN5O7P.C21H22ClFN5O6P/c1-3-20(32)37-19-9-17(31-11-28-21-22(31)29-24(27)30-23(21)33)12(2)15(19)10-36-39(34)35-7-6-18(38-39)14-8-13(25)4-5-16(14)26;1-10-13(16(29)7-15(10)28-9-25-18-19(28)26-21(24)27-20(18)30)8-33-35(31)32-5-4-17(34-35)12-6-11(22)2-3-14(12)23/h4-5,8,11,15,17-19H,2-3,6-7,9-10H2,1H3,(H3,27,29,30,33);2-3,6,9,13,15-17,29H,1,4-5,7-8H2,(H3,24,26,27,30)/t15-,17-,18+,19-,39-;13-,15-,16-,17+,35-/m00/s1. The molecule has 4 aliphatic rings. The summed E-state index contributed by atoms with van der Waals surface area (Å²) < 4.78 is 97.1. The molecule has 4 aromatic heterocycles. The van der Waals surface area contributed by atoms with E-state index in [4.69, 9.17) is 66.5 Å². The molecule has 394 valence electrons. The van der Waals surface area contributed by atoms with Gasteiger partial charge in [-0.2, -0.15) is 9.97 Å². The first-order valence-corrected chi connectivity index (χ1v) is 26.7. The fraction of sp³-hybridized carbons (Fsp3) is 0.400. The van der Waals surface area contributed by atoms with E-state index in [0.29, 0.717) is 21.2 Å². The van der Waals surface area contributed by atoms with Crippen LogP contribution >= 0.6 is 38.8 Å². The molecule has 2 aliphatic carbocycles. The molecule has 6 aromatic rings. The summed E-state index contributed by atoms with van der Waals surface area (Å²) in [7, 11) is -8.20. The van der Waals surface area contributed by atoms with Gasteiger partial charge in [0.05, 0.1) is 69.5 Å². The summed E-state index contributed by atoms with van der Waals surface area (Å²) in [5.41, 5.74) is 12.5. The van der Waals surface area contributed by atoms with Crippen LogP contribution in [0.5, 0.6) is 0 Å². The van der Waals surface area contributed by atoms with Crippen molar-refractivity contribution in [1.82, 2.24) is 39.0 Å². The van der Waals surface area contributed by atoms with Gasteiger partial charge in [0.2, 0.25) is 11.9 Å². The quantitative estimate of drug-likeness (QED) is 0.0449. The Morgan fingerprint density at radius 1 is 0.797 bits per heavy atom. The highest BCUT2D eigenvalue weighted by atomic mass is 35.5. The Morgan fingerprint density at radius 2 is 1.26 bits per heavy atom. The second-order valence-electron chi connectivity index (χ2n) is 17.6. The highest BCUT2D eigenvalue weighted by Crippen LogP contribution is 2.59. The first-order valence-electron chi connectivity index (χ1n) is 23.0. The first kappa shape index (κ1) is 53.1. The second kappa shape index (κ2) is 21.5. The number of hydrogen-bond donors (Lipinski definition) is 5. The molecule has 2 aliphatic heterocycles. The van der Waals surface area contributed by atoms with Gasteiger partial charge in [-0.25, -0.2) is 27.9 Å². The second-order valence-corrected chi connectivity index (χ2v) is 21.7. The Hall–Kier alpha value is -5.69. The zero-order valence-corrected chi connectivity index (χ0v) is 42.4. The van der Waals surface area contributed by atoms with Crippen LogP contribution in [-0.2, 0) is 45.8 Å². The molecule has 2 aromatic carbocycles. The minimum absolute atomic E-state index is 0.000944. The van der Waals surface area contributed by atoms with Crippen molar-refractivity contribution in [3.8, 4) is 0 Å². The van der Waals surface area contributed by atoms with Gasteiger partial charge >= 0.3 is 21.6 Å². The molecule has 2 saturated carbocycles. The lowest BCUT2D eigenvalue weighted by atomic mass is 10.0. The smallest absolute Gasteiger partial charge is 0.462 e. The van der Waals surface area contributed by atoms with E-state index in [1.807, 2.05) is 0 Å². The van der Waals surface area contributed by atoms with Crippen LogP contribution in [0.1, 0.15) is 74.4 Å². The third-order valence-electron chi connectivity index (χ3n) is 13.0. The number of halogens is 4. The normalized spacial score (nSPS) is 28.1. The highest BCUT2D eigenvalue weighted by Gasteiger charge is 2.46. The Morgan fingerprint density at radius 3 is 1.74 bits per heavy atom. The van der Waals surface area contributed by atoms with E-state index in [1.165, 1.54) is 49.1 Å². The van der Waals surface area contributed by atoms with Crippen LogP contribution in [0.15, 0.2) is 82.9 Å². The summed E-state index contributed by atoms with van der Waals surface area (Å²) in [4.78, 5) is 57.9. The van der Waals surface area contributed by atoms with Gasteiger partial charge in [0.15, 0.2) is 22.3 Å². The van der Waals surface area contributed by atoms with Gasteiger partial charge in [-0.15, -0.1) is 0 Å². The summed E-state index contributed by atoms with van der Waals surface area (Å²) in [5, 5.41) is 11.3. The maximum atomic E-state index is 14.4. The molecule has 0 unspecified atom stereocenters. The zero-order valence-electron chi connectivity index (χ0n) is 39.1. The number of nitrogens with two attached hydrogens (primary N) is 2. The Bertz CT molecular complexity index is 3400. The van der Waals surface area contributed by atoms with Crippen LogP contribution in [0.25, 0.3) is 22.3 Å². The van der Waals surface area contributed by atoms with Crippen molar-refractivity contribution < 1.29 is 59.7 Å². The van der Waals surface area contributed by atoms with E-state index in [-0.39, 0.29) is 104 Å². The average Bonchev–Trinajstić information content (AvgIpc) is 4.12. The van der Waals surface area contributed by atoms with E-state index in [9.17, 15) is 37.4 Å².